The third kappa shape index (κ3) is 6.36. The van der Waals surface area contributed by atoms with E-state index in [0.29, 0.717) is 81.9 Å². The standard InChI is InChI=1S/C25H33N7O4S/c1-30-23-21(22(29-30)24(33)28-18-20-7-5-19(17-26)6-8-20)9-13-31(25(23)34)12-3-2-4-16-37(35,36)32-14-10-27-11-15-32/h5-8,27H,2-4,9-16,18H2,1H3,(H,28,33). The van der Waals surface area contributed by atoms with Gasteiger partial charge in [0, 0.05) is 58.4 Å². The number of rotatable bonds is 10. The minimum Gasteiger partial charge on any atom is -0.347 e. The average Bonchev–Trinajstić information content (AvgIpc) is 3.26. The summed E-state index contributed by atoms with van der Waals surface area (Å²) in [6, 6.07) is 9.03. The average molecular weight is 528 g/mol. The van der Waals surface area contributed by atoms with Gasteiger partial charge in [-0.1, -0.05) is 18.6 Å². The number of aromatic nitrogens is 2. The molecule has 1 aromatic carbocycles. The molecule has 0 atom stereocenters. The summed E-state index contributed by atoms with van der Waals surface area (Å²) in [4.78, 5) is 27.7. The van der Waals surface area contributed by atoms with E-state index in [0.717, 1.165) is 12.0 Å². The lowest BCUT2D eigenvalue weighted by Crippen LogP contribution is -2.47. The summed E-state index contributed by atoms with van der Waals surface area (Å²) in [5.74, 6) is -0.364. The monoisotopic (exact) mass is 527 g/mol. The number of carbonyl (C=O) groups excluding carboxylic acids is 2. The molecule has 2 amide bonds. The lowest BCUT2D eigenvalue weighted by Gasteiger charge is -2.28. The van der Waals surface area contributed by atoms with Crippen LogP contribution in [-0.4, -0.2) is 84.2 Å². The molecule has 2 aliphatic heterocycles. The molecule has 4 rings (SSSR count). The number of nitrogens with one attached hydrogen (secondary N) is 2. The van der Waals surface area contributed by atoms with Crippen molar-refractivity contribution in [1.82, 2.24) is 29.6 Å². The maximum atomic E-state index is 13.1. The largest absolute Gasteiger partial charge is 0.347 e. The fraction of sp³-hybridized carbons (Fsp3) is 0.520. The molecule has 1 aromatic heterocycles. The van der Waals surface area contributed by atoms with E-state index in [-0.39, 0.29) is 23.3 Å². The Morgan fingerprint density at radius 2 is 1.86 bits per heavy atom. The number of amides is 2. The zero-order valence-corrected chi connectivity index (χ0v) is 21.9. The van der Waals surface area contributed by atoms with Crippen LogP contribution in [0, 0.1) is 11.3 Å². The molecule has 3 heterocycles. The molecule has 37 heavy (non-hydrogen) atoms. The van der Waals surface area contributed by atoms with Crippen LogP contribution in [-0.2, 0) is 30.0 Å². The Bertz CT molecular complexity index is 1280. The van der Waals surface area contributed by atoms with Crippen molar-refractivity contribution in [2.75, 3.05) is 45.0 Å². The molecule has 1 saturated heterocycles. The first-order valence-corrected chi connectivity index (χ1v) is 14.2. The van der Waals surface area contributed by atoms with Gasteiger partial charge in [0.05, 0.1) is 17.4 Å². The highest BCUT2D eigenvalue weighted by Gasteiger charge is 2.32. The van der Waals surface area contributed by atoms with Gasteiger partial charge in [-0.15, -0.1) is 0 Å². The van der Waals surface area contributed by atoms with Gasteiger partial charge in [-0.25, -0.2) is 8.42 Å². The van der Waals surface area contributed by atoms with E-state index in [9.17, 15) is 18.0 Å². The van der Waals surface area contributed by atoms with Gasteiger partial charge in [0.2, 0.25) is 10.0 Å². The Morgan fingerprint density at radius 3 is 2.57 bits per heavy atom. The van der Waals surface area contributed by atoms with Crippen molar-refractivity contribution in [1.29, 1.82) is 5.26 Å². The highest BCUT2D eigenvalue weighted by atomic mass is 32.2. The number of benzene rings is 1. The maximum Gasteiger partial charge on any atom is 0.272 e. The van der Waals surface area contributed by atoms with Crippen molar-refractivity contribution in [2.45, 2.75) is 32.2 Å². The van der Waals surface area contributed by atoms with Crippen LogP contribution in [0.3, 0.4) is 0 Å². The number of nitriles is 1. The maximum absolute atomic E-state index is 13.1. The summed E-state index contributed by atoms with van der Waals surface area (Å²) in [5.41, 5.74) is 2.76. The third-order valence-corrected chi connectivity index (χ3v) is 8.77. The van der Waals surface area contributed by atoms with E-state index in [2.05, 4.69) is 21.8 Å². The Kier molecular flexibility index (Phi) is 8.58. The van der Waals surface area contributed by atoms with Crippen LogP contribution in [0.15, 0.2) is 24.3 Å². The summed E-state index contributed by atoms with van der Waals surface area (Å²) in [6.45, 7) is 3.74. The Labute approximate surface area is 217 Å². The van der Waals surface area contributed by atoms with Crippen LogP contribution in [0.5, 0.6) is 0 Å². The quantitative estimate of drug-likeness (QED) is 0.432. The molecule has 0 radical (unpaired) electrons. The summed E-state index contributed by atoms with van der Waals surface area (Å²) < 4.78 is 28.0. The van der Waals surface area contributed by atoms with Crippen molar-refractivity contribution in [2.24, 2.45) is 7.05 Å². The van der Waals surface area contributed by atoms with Crippen LogP contribution >= 0.6 is 0 Å². The summed E-state index contributed by atoms with van der Waals surface area (Å²) in [6.07, 6.45) is 2.53. The molecule has 2 aliphatic rings. The Morgan fingerprint density at radius 1 is 1.14 bits per heavy atom. The van der Waals surface area contributed by atoms with Crippen molar-refractivity contribution in [3.8, 4) is 6.07 Å². The smallest absolute Gasteiger partial charge is 0.272 e. The first-order valence-electron chi connectivity index (χ1n) is 12.6. The molecule has 0 unspecified atom stereocenters. The third-order valence-electron chi connectivity index (χ3n) is 6.82. The van der Waals surface area contributed by atoms with E-state index >= 15 is 0 Å². The van der Waals surface area contributed by atoms with E-state index in [1.165, 1.54) is 4.68 Å². The van der Waals surface area contributed by atoms with E-state index in [4.69, 9.17) is 5.26 Å². The fourth-order valence-corrected chi connectivity index (χ4v) is 6.31. The SMILES string of the molecule is Cn1nc(C(=O)NCc2ccc(C#N)cc2)c2c1C(=O)N(CCCCCS(=O)(=O)N1CCNCC1)CC2. The zero-order chi connectivity index (χ0) is 26.4. The van der Waals surface area contributed by atoms with Crippen LogP contribution in [0.25, 0.3) is 0 Å². The first-order chi connectivity index (χ1) is 17.8. The van der Waals surface area contributed by atoms with E-state index in [1.807, 2.05) is 0 Å². The second-order valence-corrected chi connectivity index (χ2v) is 11.4. The zero-order valence-electron chi connectivity index (χ0n) is 21.1. The van der Waals surface area contributed by atoms with Crippen molar-refractivity contribution in [3.05, 3.63) is 52.3 Å². The number of carbonyl (C=O) groups is 2. The summed E-state index contributed by atoms with van der Waals surface area (Å²) in [5, 5.41) is 19.3. The van der Waals surface area contributed by atoms with Gasteiger partial charge in [-0.3, -0.25) is 14.3 Å². The van der Waals surface area contributed by atoms with Gasteiger partial charge in [0.1, 0.15) is 5.69 Å². The number of piperazine rings is 1. The second-order valence-electron chi connectivity index (χ2n) is 9.36. The topological polar surface area (TPSA) is 140 Å². The lowest BCUT2D eigenvalue weighted by molar-refractivity contribution is 0.0725. The van der Waals surface area contributed by atoms with E-state index in [1.54, 1.807) is 40.5 Å². The summed E-state index contributed by atoms with van der Waals surface area (Å²) >= 11 is 0. The normalized spacial score (nSPS) is 16.3. The van der Waals surface area contributed by atoms with Gasteiger partial charge in [0.25, 0.3) is 11.8 Å². The van der Waals surface area contributed by atoms with Crippen molar-refractivity contribution >= 4 is 21.8 Å². The molecule has 0 aliphatic carbocycles. The molecule has 11 nitrogen and oxygen atoms in total. The second kappa shape index (κ2) is 11.9. The number of aryl methyl sites for hydroxylation is 1. The minimum absolute atomic E-state index is 0.133. The van der Waals surface area contributed by atoms with Crippen LogP contribution in [0.1, 0.15) is 56.9 Å². The molecule has 0 saturated carbocycles. The van der Waals surface area contributed by atoms with Crippen LogP contribution in [0.2, 0.25) is 0 Å². The molecular formula is C25H33N7O4S. The Hall–Kier alpha value is -3.27. The van der Waals surface area contributed by atoms with E-state index < -0.39 is 10.0 Å². The molecule has 2 aromatic rings. The highest BCUT2D eigenvalue weighted by molar-refractivity contribution is 7.89. The van der Waals surface area contributed by atoms with Crippen molar-refractivity contribution in [3.63, 3.8) is 0 Å². The number of sulfonamides is 1. The highest BCUT2D eigenvalue weighted by Crippen LogP contribution is 2.23. The number of fused-ring (bicyclic) bond motifs is 1. The Balaban J connectivity index is 1.27. The first kappa shape index (κ1) is 26.8. The van der Waals surface area contributed by atoms with Gasteiger partial charge < -0.3 is 15.5 Å². The molecule has 2 N–H and O–H groups in total. The molecule has 198 valence electrons. The molecule has 0 spiro atoms. The molecule has 1 fully saturated rings. The number of nitrogens with zero attached hydrogens (tertiary/aromatic N) is 5. The van der Waals surface area contributed by atoms with Crippen LogP contribution < -0.4 is 10.6 Å². The van der Waals surface area contributed by atoms with Gasteiger partial charge in [0.15, 0.2) is 5.69 Å². The predicted octanol–water partition coefficient (Wildman–Crippen LogP) is 0.625. The fourth-order valence-electron chi connectivity index (χ4n) is 4.74. The molecule has 12 heteroatoms. The lowest BCUT2D eigenvalue weighted by atomic mass is 10.0. The minimum atomic E-state index is -3.23. The molecule has 0 bridgehead atoms. The predicted molar refractivity (Wildman–Crippen MR) is 137 cm³/mol. The number of hydrogen-bond acceptors (Lipinski definition) is 7. The summed E-state index contributed by atoms with van der Waals surface area (Å²) in [7, 11) is -1.56. The van der Waals surface area contributed by atoms with Crippen molar-refractivity contribution < 1.29 is 18.0 Å². The molecular weight excluding hydrogens is 494 g/mol. The van der Waals surface area contributed by atoms with Gasteiger partial charge in [-0.05, 0) is 37.0 Å². The number of hydrogen-bond donors (Lipinski definition) is 2. The van der Waals surface area contributed by atoms with Gasteiger partial charge >= 0.3 is 0 Å². The van der Waals surface area contributed by atoms with Crippen LogP contribution in [0.4, 0.5) is 0 Å². The van der Waals surface area contributed by atoms with Gasteiger partial charge in [-0.2, -0.15) is 14.7 Å². The number of unbranched alkanes of at least 4 members (excludes halogenated alkanes) is 2.